The van der Waals surface area contributed by atoms with Crippen LogP contribution in [0.5, 0.6) is 5.75 Å². The van der Waals surface area contributed by atoms with E-state index < -0.39 is 0 Å². The second-order valence-electron chi connectivity index (χ2n) is 7.82. The van der Waals surface area contributed by atoms with Crippen molar-refractivity contribution >= 4 is 35.6 Å². The fourth-order valence-corrected chi connectivity index (χ4v) is 4.17. The summed E-state index contributed by atoms with van der Waals surface area (Å²) in [6.45, 7) is 2.95. The zero-order valence-electron chi connectivity index (χ0n) is 17.2. The molecule has 29 heavy (non-hydrogen) atoms. The van der Waals surface area contributed by atoms with Crippen molar-refractivity contribution < 1.29 is 4.74 Å². The minimum atomic E-state index is 0. The molecule has 0 amide bonds. The minimum Gasteiger partial charge on any atom is -0.496 e. The van der Waals surface area contributed by atoms with Gasteiger partial charge in [0.15, 0.2) is 5.96 Å². The standard InChI is InChI=1S/C23H30N4O.HI/c1-24-22(26-18-12-15-27(16-18)19-8-4-3-5-9-19)25-17-23(13-14-23)20-10-6-7-11-21(20)28-2;/h3-11,18H,12-17H2,1-2H3,(H2,24,25,26);1H. The molecule has 1 aliphatic carbocycles. The van der Waals surface area contributed by atoms with E-state index in [0.29, 0.717) is 6.04 Å². The number of nitrogens with zero attached hydrogens (tertiary/aromatic N) is 2. The average molecular weight is 506 g/mol. The molecule has 0 radical (unpaired) electrons. The Bertz CT molecular complexity index is 823. The van der Waals surface area contributed by atoms with E-state index in [-0.39, 0.29) is 29.4 Å². The molecule has 1 heterocycles. The van der Waals surface area contributed by atoms with Gasteiger partial charge in [-0.05, 0) is 37.5 Å². The molecular formula is C23H31IN4O. The number of guanidine groups is 1. The van der Waals surface area contributed by atoms with Gasteiger partial charge in [-0.2, -0.15) is 0 Å². The lowest BCUT2D eigenvalue weighted by molar-refractivity contribution is 0.403. The number of benzene rings is 2. The first-order valence-electron chi connectivity index (χ1n) is 10.1. The summed E-state index contributed by atoms with van der Waals surface area (Å²) in [5.74, 6) is 1.88. The highest BCUT2D eigenvalue weighted by atomic mass is 127. The molecule has 4 rings (SSSR count). The van der Waals surface area contributed by atoms with Crippen LogP contribution in [0, 0.1) is 0 Å². The highest BCUT2D eigenvalue weighted by Gasteiger charge is 2.46. The van der Waals surface area contributed by atoms with Gasteiger partial charge < -0.3 is 20.3 Å². The fourth-order valence-electron chi connectivity index (χ4n) is 4.17. The third kappa shape index (κ3) is 4.97. The lowest BCUT2D eigenvalue weighted by atomic mass is 9.95. The number of anilines is 1. The van der Waals surface area contributed by atoms with Crippen LogP contribution in [0.1, 0.15) is 24.8 Å². The Kier molecular flexibility index (Phi) is 7.27. The number of hydrogen-bond acceptors (Lipinski definition) is 3. The fraction of sp³-hybridized carbons (Fsp3) is 0.435. The van der Waals surface area contributed by atoms with Gasteiger partial charge in [0.2, 0.25) is 0 Å². The molecule has 2 N–H and O–H groups in total. The van der Waals surface area contributed by atoms with E-state index >= 15 is 0 Å². The molecule has 0 bridgehead atoms. The third-order valence-electron chi connectivity index (χ3n) is 6.00. The molecule has 2 aromatic carbocycles. The van der Waals surface area contributed by atoms with Crippen LogP contribution in [0.15, 0.2) is 59.6 Å². The molecule has 1 unspecified atom stereocenters. The van der Waals surface area contributed by atoms with Gasteiger partial charge in [0.1, 0.15) is 5.75 Å². The van der Waals surface area contributed by atoms with Gasteiger partial charge in [0.05, 0.1) is 7.11 Å². The number of aliphatic imine (C=N–C) groups is 1. The Hall–Kier alpha value is -1.96. The largest absolute Gasteiger partial charge is 0.496 e. The van der Waals surface area contributed by atoms with E-state index in [1.54, 1.807) is 7.11 Å². The molecule has 2 fully saturated rings. The lowest BCUT2D eigenvalue weighted by Crippen LogP contribution is -2.46. The van der Waals surface area contributed by atoms with Crippen molar-refractivity contribution in [2.24, 2.45) is 4.99 Å². The molecule has 6 heteroatoms. The van der Waals surface area contributed by atoms with Gasteiger partial charge in [-0.1, -0.05) is 36.4 Å². The predicted octanol–water partition coefficient (Wildman–Crippen LogP) is 3.79. The van der Waals surface area contributed by atoms with Crippen molar-refractivity contribution in [3.05, 3.63) is 60.2 Å². The Morgan fingerprint density at radius 2 is 1.86 bits per heavy atom. The molecule has 1 saturated heterocycles. The maximum atomic E-state index is 5.59. The molecule has 5 nitrogen and oxygen atoms in total. The number of hydrogen-bond donors (Lipinski definition) is 2. The van der Waals surface area contributed by atoms with Gasteiger partial charge >= 0.3 is 0 Å². The number of rotatable bonds is 6. The normalized spacial score (nSPS) is 20.0. The van der Waals surface area contributed by atoms with Crippen LogP contribution < -0.4 is 20.3 Å². The summed E-state index contributed by atoms with van der Waals surface area (Å²) in [5, 5.41) is 7.18. The first-order chi connectivity index (χ1) is 13.7. The van der Waals surface area contributed by atoms with Gasteiger partial charge in [0, 0.05) is 49.4 Å². The molecule has 0 aromatic heterocycles. The van der Waals surface area contributed by atoms with Gasteiger partial charge in [-0.15, -0.1) is 24.0 Å². The summed E-state index contributed by atoms with van der Waals surface area (Å²) < 4.78 is 5.59. The van der Waals surface area contributed by atoms with E-state index in [1.807, 2.05) is 13.1 Å². The molecule has 0 spiro atoms. The Balaban J connectivity index is 0.00000240. The zero-order chi connectivity index (χ0) is 19.4. The zero-order valence-corrected chi connectivity index (χ0v) is 19.6. The lowest BCUT2D eigenvalue weighted by Gasteiger charge is -2.23. The molecule has 2 aliphatic rings. The predicted molar refractivity (Wildman–Crippen MR) is 131 cm³/mol. The van der Waals surface area contributed by atoms with E-state index in [1.165, 1.54) is 24.1 Å². The van der Waals surface area contributed by atoms with Gasteiger partial charge in [0.25, 0.3) is 0 Å². The van der Waals surface area contributed by atoms with Gasteiger partial charge in [-0.25, -0.2) is 0 Å². The quantitative estimate of drug-likeness (QED) is 0.356. The number of methoxy groups -OCH3 is 1. The summed E-state index contributed by atoms with van der Waals surface area (Å²) in [5.41, 5.74) is 2.76. The Morgan fingerprint density at radius 3 is 2.55 bits per heavy atom. The first-order valence-corrected chi connectivity index (χ1v) is 10.1. The molecular weight excluding hydrogens is 475 g/mol. The van der Waals surface area contributed by atoms with E-state index in [0.717, 1.165) is 37.8 Å². The summed E-state index contributed by atoms with van der Waals surface area (Å²) in [4.78, 5) is 6.89. The smallest absolute Gasteiger partial charge is 0.191 e. The average Bonchev–Trinajstić information content (AvgIpc) is 3.40. The van der Waals surface area contributed by atoms with Crippen LogP contribution in [0.25, 0.3) is 0 Å². The topological polar surface area (TPSA) is 48.9 Å². The monoisotopic (exact) mass is 506 g/mol. The first kappa shape index (κ1) is 21.7. The van der Waals surface area contributed by atoms with Crippen LogP contribution >= 0.6 is 24.0 Å². The number of nitrogens with one attached hydrogen (secondary N) is 2. The van der Waals surface area contributed by atoms with Crippen molar-refractivity contribution in [2.75, 3.05) is 38.7 Å². The van der Waals surface area contributed by atoms with Crippen molar-refractivity contribution in [1.82, 2.24) is 10.6 Å². The van der Waals surface area contributed by atoms with Crippen LogP contribution in [0.4, 0.5) is 5.69 Å². The van der Waals surface area contributed by atoms with E-state index in [9.17, 15) is 0 Å². The van der Waals surface area contributed by atoms with Crippen molar-refractivity contribution in [3.63, 3.8) is 0 Å². The molecule has 1 saturated carbocycles. The number of ether oxygens (including phenoxy) is 1. The maximum Gasteiger partial charge on any atom is 0.191 e. The maximum absolute atomic E-state index is 5.59. The van der Waals surface area contributed by atoms with Crippen molar-refractivity contribution in [3.8, 4) is 5.75 Å². The summed E-state index contributed by atoms with van der Waals surface area (Å²) >= 11 is 0. The third-order valence-corrected chi connectivity index (χ3v) is 6.00. The van der Waals surface area contributed by atoms with Crippen LogP contribution in [0.2, 0.25) is 0 Å². The van der Waals surface area contributed by atoms with Gasteiger partial charge in [-0.3, -0.25) is 4.99 Å². The Labute approximate surface area is 191 Å². The van der Waals surface area contributed by atoms with E-state index in [2.05, 4.69) is 69.1 Å². The molecule has 156 valence electrons. The number of para-hydroxylation sites is 2. The van der Waals surface area contributed by atoms with Crippen molar-refractivity contribution in [2.45, 2.75) is 30.7 Å². The second kappa shape index (κ2) is 9.69. The number of halogens is 1. The summed E-state index contributed by atoms with van der Waals surface area (Å²) in [6.07, 6.45) is 3.48. The van der Waals surface area contributed by atoms with Crippen LogP contribution in [-0.4, -0.2) is 45.8 Å². The van der Waals surface area contributed by atoms with Crippen molar-refractivity contribution in [1.29, 1.82) is 0 Å². The SMILES string of the molecule is CN=C(NCC1(c2ccccc2OC)CC1)NC1CCN(c2ccccc2)C1.I. The van der Waals surface area contributed by atoms with E-state index in [4.69, 9.17) is 4.74 Å². The highest BCUT2D eigenvalue weighted by molar-refractivity contribution is 14.0. The molecule has 2 aromatic rings. The summed E-state index contributed by atoms with van der Waals surface area (Å²) in [7, 11) is 3.60. The second-order valence-corrected chi connectivity index (χ2v) is 7.82. The minimum absolute atomic E-state index is 0. The highest BCUT2D eigenvalue weighted by Crippen LogP contribution is 2.50. The van der Waals surface area contributed by atoms with Crippen LogP contribution in [-0.2, 0) is 5.41 Å². The Morgan fingerprint density at radius 1 is 1.14 bits per heavy atom. The summed E-state index contributed by atoms with van der Waals surface area (Å²) in [6, 6.07) is 19.4. The van der Waals surface area contributed by atoms with Crippen LogP contribution in [0.3, 0.4) is 0 Å². The molecule has 1 aliphatic heterocycles. The molecule has 1 atom stereocenters.